The van der Waals surface area contributed by atoms with Crippen LogP contribution in [0.1, 0.15) is 5.56 Å². The molecule has 0 spiro atoms. The third kappa shape index (κ3) is 3.14. The van der Waals surface area contributed by atoms with E-state index in [2.05, 4.69) is 0 Å². The Labute approximate surface area is 122 Å². The molecule has 0 bridgehead atoms. The van der Waals surface area contributed by atoms with E-state index in [1.165, 1.54) is 13.1 Å². The van der Waals surface area contributed by atoms with Gasteiger partial charge in [-0.3, -0.25) is 0 Å². The van der Waals surface area contributed by atoms with Crippen LogP contribution in [0, 0.1) is 5.82 Å². The molecule has 0 atom stereocenters. The Kier molecular flexibility index (Phi) is 4.15. The van der Waals surface area contributed by atoms with Crippen LogP contribution in [-0.4, -0.2) is 24.9 Å². The third-order valence-corrected chi connectivity index (χ3v) is 4.86. The van der Waals surface area contributed by atoms with Crippen LogP contribution in [0.3, 0.4) is 0 Å². The zero-order valence-electron chi connectivity index (χ0n) is 11.3. The molecule has 5 nitrogen and oxygen atoms in total. The maximum absolute atomic E-state index is 13.1. The Morgan fingerprint density at radius 1 is 1.24 bits per heavy atom. The average Bonchev–Trinajstić information content (AvgIpc) is 2.44. The first-order valence-corrected chi connectivity index (χ1v) is 7.54. The van der Waals surface area contributed by atoms with Gasteiger partial charge in [0.2, 0.25) is 10.0 Å². The van der Waals surface area contributed by atoms with Crippen molar-refractivity contribution in [2.45, 2.75) is 11.4 Å². The largest absolute Gasteiger partial charge is 0.508 e. The monoisotopic (exact) mass is 310 g/mol. The van der Waals surface area contributed by atoms with Crippen LogP contribution in [0.2, 0.25) is 0 Å². The highest BCUT2D eigenvalue weighted by Gasteiger charge is 2.22. The second-order valence-corrected chi connectivity index (χ2v) is 6.62. The smallest absolute Gasteiger partial charge is 0.243 e. The van der Waals surface area contributed by atoms with Gasteiger partial charge in [0, 0.05) is 19.2 Å². The van der Waals surface area contributed by atoms with Gasteiger partial charge < -0.3 is 10.8 Å². The number of sulfonamides is 1. The predicted octanol–water partition coefficient (Wildman–Crippen LogP) is 1.93. The molecule has 3 N–H and O–H groups in total. The fraction of sp³-hybridized carbons (Fsp3) is 0.143. The summed E-state index contributed by atoms with van der Waals surface area (Å²) in [6.07, 6.45) is 0. The molecule has 0 radical (unpaired) electrons. The summed E-state index contributed by atoms with van der Waals surface area (Å²) in [5, 5.41) is 9.69. The van der Waals surface area contributed by atoms with Crippen LogP contribution in [0.15, 0.2) is 47.4 Å². The van der Waals surface area contributed by atoms with Gasteiger partial charge in [0.15, 0.2) is 0 Å². The molecule has 0 aromatic heterocycles. The number of aromatic hydroxyl groups is 1. The quantitative estimate of drug-likeness (QED) is 0.845. The summed E-state index contributed by atoms with van der Waals surface area (Å²) in [5.41, 5.74) is 5.64. The highest BCUT2D eigenvalue weighted by molar-refractivity contribution is 7.89. The fourth-order valence-corrected chi connectivity index (χ4v) is 3.02. The number of rotatable bonds is 4. The molecule has 0 fully saturated rings. The maximum Gasteiger partial charge on any atom is 0.243 e. The number of nitrogens with zero attached hydrogens (tertiary/aromatic N) is 1. The van der Waals surface area contributed by atoms with Gasteiger partial charge in [-0.05, 0) is 24.3 Å². The molecule has 21 heavy (non-hydrogen) atoms. The van der Waals surface area contributed by atoms with E-state index in [0.717, 1.165) is 22.5 Å². The van der Waals surface area contributed by atoms with E-state index >= 15 is 0 Å². The van der Waals surface area contributed by atoms with Crippen LogP contribution in [0.25, 0.3) is 0 Å². The number of halogens is 1. The van der Waals surface area contributed by atoms with Crippen molar-refractivity contribution in [2.75, 3.05) is 12.8 Å². The van der Waals surface area contributed by atoms with Crippen LogP contribution in [-0.2, 0) is 16.6 Å². The van der Waals surface area contributed by atoms with Crippen LogP contribution in [0.5, 0.6) is 5.75 Å². The lowest BCUT2D eigenvalue weighted by atomic mass is 10.2. The summed E-state index contributed by atoms with van der Waals surface area (Å²) in [6, 6.07) is 9.69. The van der Waals surface area contributed by atoms with Gasteiger partial charge in [-0.2, -0.15) is 4.31 Å². The highest BCUT2D eigenvalue weighted by atomic mass is 32.2. The number of anilines is 1. The normalized spacial score (nSPS) is 11.8. The molecular formula is C14H15FN2O3S. The van der Waals surface area contributed by atoms with E-state index in [9.17, 15) is 17.9 Å². The van der Waals surface area contributed by atoms with Crippen LogP contribution >= 0.6 is 0 Å². The molecule has 7 heteroatoms. The Hall–Kier alpha value is -2.12. The minimum atomic E-state index is -3.82. The molecule has 0 aliphatic carbocycles. The summed E-state index contributed by atoms with van der Waals surface area (Å²) < 4.78 is 38.9. The number of benzene rings is 2. The number of phenolic OH excluding ortho intramolecular Hbond substituents is 1. The number of para-hydroxylation sites is 1. The molecule has 112 valence electrons. The lowest BCUT2D eigenvalue weighted by molar-refractivity contribution is 0.436. The Morgan fingerprint density at radius 3 is 2.52 bits per heavy atom. The predicted molar refractivity (Wildman–Crippen MR) is 77.6 cm³/mol. The Morgan fingerprint density at radius 2 is 1.90 bits per heavy atom. The number of nitrogen functional groups attached to an aromatic ring is 1. The van der Waals surface area contributed by atoms with E-state index in [-0.39, 0.29) is 22.9 Å². The lowest BCUT2D eigenvalue weighted by Gasteiger charge is -2.18. The molecule has 0 saturated carbocycles. The standard InChI is InChI=1S/C14H15FN2O3S/c1-17(9-10-4-2-3-5-14(10)18)21(19,20)11-6-7-12(15)13(16)8-11/h2-8,18H,9,16H2,1H3. The van der Waals surface area contributed by atoms with E-state index in [4.69, 9.17) is 5.73 Å². The molecule has 2 aromatic rings. The molecule has 2 aromatic carbocycles. The summed E-state index contributed by atoms with van der Waals surface area (Å²) in [4.78, 5) is -0.0979. The van der Waals surface area contributed by atoms with Gasteiger partial charge in [0.1, 0.15) is 11.6 Å². The minimum Gasteiger partial charge on any atom is -0.508 e. The first-order chi connectivity index (χ1) is 9.82. The summed E-state index contributed by atoms with van der Waals surface area (Å²) in [6.45, 7) is -0.00765. The first kappa shape index (κ1) is 15.3. The van der Waals surface area contributed by atoms with Crippen molar-refractivity contribution < 1.29 is 17.9 Å². The van der Waals surface area contributed by atoms with Crippen LogP contribution < -0.4 is 5.73 Å². The maximum atomic E-state index is 13.1. The van der Waals surface area contributed by atoms with E-state index < -0.39 is 15.8 Å². The Balaban J connectivity index is 2.30. The summed E-state index contributed by atoms with van der Waals surface area (Å²) >= 11 is 0. The zero-order valence-corrected chi connectivity index (χ0v) is 12.1. The molecule has 0 amide bonds. The summed E-state index contributed by atoms with van der Waals surface area (Å²) in [7, 11) is -2.44. The van der Waals surface area contributed by atoms with Gasteiger partial charge in [-0.15, -0.1) is 0 Å². The van der Waals surface area contributed by atoms with Crippen molar-refractivity contribution in [2.24, 2.45) is 0 Å². The molecular weight excluding hydrogens is 295 g/mol. The molecule has 0 aliphatic rings. The molecule has 2 rings (SSSR count). The second-order valence-electron chi connectivity index (χ2n) is 4.57. The van der Waals surface area contributed by atoms with Gasteiger partial charge in [-0.25, -0.2) is 12.8 Å². The SMILES string of the molecule is CN(Cc1ccccc1O)S(=O)(=O)c1ccc(F)c(N)c1. The highest BCUT2D eigenvalue weighted by Crippen LogP contribution is 2.23. The summed E-state index contributed by atoms with van der Waals surface area (Å²) in [5.74, 6) is -0.657. The van der Waals surface area contributed by atoms with Crippen molar-refractivity contribution in [3.63, 3.8) is 0 Å². The third-order valence-electron chi connectivity index (χ3n) is 3.06. The van der Waals surface area contributed by atoms with E-state index in [0.29, 0.717) is 5.56 Å². The van der Waals surface area contributed by atoms with Gasteiger partial charge in [0.05, 0.1) is 10.6 Å². The molecule has 0 heterocycles. The number of hydrogen-bond acceptors (Lipinski definition) is 4. The van der Waals surface area contributed by atoms with E-state index in [1.807, 2.05) is 0 Å². The molecule has 0 unspecified atom stereocenters. The van der Waals surface area contributed by atoms with Crippen molar-refractivity contribution in [3.8, 4) is 5.75 Å². The minimum absolute atomic E-state index is 0.00765. The van der Waals surface area contributed by atoms with Crippen molar-refractivity contribution in [1.82, 2.24) is 4.31 Å². The average molecular weight is 310 g/mol. The van der Waals surface area contributed by atoms with Gasteiger partial charge in [-0.1, -0.05) is 18.2 Å². The molecule has 0 aliphatic heterocycles. The van der Waals surface area contributed by atoms with Crippen molar-refractivity contribution in [3.05, 3.63) is 53.8 Å². The lowest BCUT2D eigenvalue weighted by Crippen LogP contribution is -2.26. The molecule has 0 saturated heterocycles. The Bertz CT molecular complexity index is 763. The number of hydrogen-bond donors (Lipinski definition) is 2. The zero-order chi connectivity index (χ0) is 15.6. The second kappa shape index (κ2) is 5.71. The van der Waals surface area contributed by atoms with Crippen molar-refractivity contribution >= 4 is 15.7 Å². The number of nitrogens with two attached hydrogens (primary N) is 1. The van der Waals surface area contributed by atoms with Gasteiger partial charge in [0.25, 0.3) is 0 Å². The topological polar surface area (TPSA) is 83.6 Å². The fourth-order valence-electron chi connectivity index (χ4n) is 1.83. The first-order valence-electron chi connectivity index (χ1n) is 6.10. The van der Waals surface area contributed by atoms with Gasteiger partial charge >= 0.3 is 0 Å². The van der Waals surface area contributed by atoms with Crippen LogP contribution in [0.4, 0.5) is 10.1 Å². The number of phenols is 1. The van der Waals surface area contributed by atoms with Crippen molar-refractivity contribution in [1.29, 1.82) is 0 Å². The van der Waals surface area contributed by atoms with E-state index in [1.54, 1.807) is 18.2 Å².